The standard InChI is InChI=1S/C16H27N3O2/c1-3-18(11-10-16(20)21-2)13-14-9-12-19(17-14)15-7-5-4-6-8-15/h9,12,15H,3-8,10-11,13H2,1-2H3. The van der Waals surface area contributed by atoms with Crippen molar-refractivity contribution in [3.05, 3.63) is 18.0 Å². The summed E-state index contributed by atoms with van der Waals surface area (Å²) in [6.45, 7) is 4.54. The molecule has 0 saturated heterocycles. The molecule has 0 spiro atoms. The number of aromatic nitrogens is 2. The average molecular weight is 293 g/mol. The predicted octanol–water partition coefficient (Wildman–Crippen LogP) is 2.77. The first kappa shape index (κ1) is 16.0. The van der Waals surface area contributed by atoms with Crippen LogP contribution >= 0.6 is 0 Å². The zero-order valence-corrected chi connectivity index (χ0v) is 13.3. The topological polar surface area (TPSA) is 47.4 Å². The minimum atomic E-state index is -0.152. The second kappa shape index (κ2) is 8.17. The molecular formula is C16H27N3O2. The Bertz CT molecular complexity index is 438. The van der Waals surface area contributed by atoms with Gasteiger partial charge in [0.05, 0.1) is 25.3 Å². The van der Waals surface area contributed by atoms with Crippen molar-refractivity contribution in [3.63, 3.8) is 0 Å². The van der Waals surface area contributed by atoms with Crippen molar-refractivity contribution in [3.8, 4) is 0 Å². The highest BCUT2D eigenvalue weighted by Gasteiger charge is 2.16. The van der Waals surface area contributed by atoms with Gasteiger partial charge in [-0.25, -0.2) is 0 Å². The normalized spacial score (nSPS) is 16.3. The molecule has 1 heterocycles. The van der Waals surface area contributed by atoms with Crippen LogP contribution < -0.4 is 0 Å². The van der Waals surface area contributed by atoms with E-state index >= 15 is 0 Å². The molecule has 0 bridgehead atoms. The molecule has 0 N–H and O–H groups in total. The fraction of sp³-hybridized carbons (Fsp3) is 0.750. The van der Waals surface area contributed by atoms with Crippen molar-refractivity contribution < 1.29 is 9.53 Å². The van der Waals surface area contributed by atoms with Gasteiger partial charge in [0.1, 0.15) is 0 Å². The second-order valence-electron chi connectivity index (χ2n) is 5.77. The van der Waals surface area contributed by atoms with Crippen LogP contribution in [0.2, 0.25) is 0 Å². The minimum Gasteiger partial charge on any atom is -0.469 e. The third-order valence-corrected chi connectivity index (χ3v) is 4.31. The van der Waals surface area contributed by atoms with Crippen molar-refractivity contribution in [2.24, 2.45) is 0 Å². The number of ether oxygens (including phenoxy) is 1. The number of hydrogen-bond donors (Lipinski definition) is 0. The van der Waals surface area contributed by atoms with Gasteiger partial charge in [0.25, 0.3) is 0 Å². The molecule has 1 fully saturated rings. The Morgan fingerprint density at radius 1 is 1.43 bits per heavy atom. The van der Waals surface area contributed by atoms with E-state index in [0.29, 0.717) is 12.5 Å². The summed E-state index contributed by atoms with van der Waals surface area (Å²) in [7, 11) is 1.43. The molecule has 5 nitrogen and oxygen atoms in total. The van der Waals surface area contributed by atoms with E-state index in [1.54, 1.807) is 0 Å². The molecule has 21 heavy (non-hydrogen) atoms. The van der Waals surface area contributed by atoms with Crippen molar-refractivity contribution >= 4 is 5.97 Å². The van der Waals surface area contributed by atoms with E-state index in [1.165, 1.54) is 39.2 Å². The molecule has 0 unspecified atom stereocenters. The quantitative estimate of drug-likeness (QED) is 0.725. The molecule has 0 atom stereocenters. The lowest BCUT2D eigenvalue weighted by molar-refractivity contribution is -0.141. The first-order valence-electron chi connectivity index (χ1n) is 8.06. The first-order chi connectivity index (χ1) is 10.2. The highest BCUT2D eigenvalue weighted by Crippen LogP contribution is 2.27. The summed E-state index contributed by atoms with van der Waals surface area (Å²) >= 11 is 0. The Labute approximate surface area is 127 Å². The largest absolute Gasteiger partial charge is 0.469 e. The maximum Gasteiger partial charge on any atom is 0.306 e. The minimum absolute atomic E-state index is 0.152. The molecule has 1 aliphatic rings. The van der Waals surface area contributed by atoms with Gasteiger partial charge in [0.15, 0.2) is 0 Å². The van der Waals surface area contributed by atoms with E-state index in [1.807, 2.05) is 0 Å². The molecule has 0 amide bonds. The Kier molecular flexibility index (Phi) is 6.23. The van der Waals surface area contributed by atoms with E-state index in [0.717, 1.165) is 25.3 Å². The van der Waals surface area contributed by atoms with Crippen LogP contribution in [0.3, 0.4) is 0 Å². The van der Waals surface area contributed by atoms with Gasteiger partial charge >= 0.3 is 5.97 Å². The van der Waals surface area contributed by atoms with E-state index in [4.69, 9.17) is 9.84 Å². The van der Waals surface area contributed by atoms with Gasteiger partial charge in [-0.15, -0.1) is 0 Å². The van der Waals surface area contributed by atoms with Crippen LogP contribution in [0.5, 0.6) is 0 Å². The van der Waals surface area contributed by atoms with Gasteiger partial charge < -0.3 is 4.74 Å². The van der Waals surface area contributed by atoms with Crippen LogP contribution in [-0.4, -0.2) is 40.8 Å². The molecule has 1 saturated carbocycles. The Hall–Kier alpha value is -1.36. The summed E-state index contributed by atoms with van der Waals surface area (Å²) < 4.78 is 6.83. The van der Waals surface area contributed by atoms with Crippen LogP contribution in [0, 0.1) is 0 Å². The van der Waals surface area contributed by atoms with Crippen LogP contribution in [0.15, 0.2) is 12.3 Å². The van der Waals surface area contributed by atoms with Crippen LogP contribution in [-0.2, 0) is 16.1 Å². The van der Waals surface area contributed by atoms with Crippen molar-refractivity contribution in [1.82, 2.24) is 14.7 Å². The summed E-state index contributed by atoms with van der Waals surface area (Å²) in [6.07, 6.45) is 9.05. The fourth-order valence-corrected chi connectivity index (χ4v) is 2.94. The molecular weight excluding hydrogens is 266 g/mol. The van der Waals surface area contributed by atoms with Gasteiger partial charge in [-0.05, 0) is 25.5 Å². The van der Waals surface area contributed by atoms with Crippen LogP contribution in [0.4, 0.5) is 0 Å². The molecule has 1 aromatic rings. The maximum atomic E-state index is 11.2. The average Bonchev–Trinajstić information content (AvgIpc) is 3.00. The smallest absolute Gasteiger partial charge is 0.306 e. The lowest BCUT2D eigenvalue weighted by Crippen LogP contribution is -2.26. The van der Waals surface area contributed by atoms with Gasteiger partial charge in [0.2, 0.25) is 0 Å². The van der Waals surface area contributed by atoms with E-state index in [2.05, 4.69) is 28.8 Å². The first-order valence-corrected chi connectivity index (χ1v) is 8.06. The van der Waals surface area contributed by atoms with Crippen molar-refractivity contribution in [1.29, 1.82) is 0 Å². The number of nitrogens with zero attached hydrogens (tertiary/aromatic N) is 3. The summed E-state index contributed by atoms with van der Waals surface area (Å²) in [4.78, 5) is 13.5. The molecule has 0 aromatic carbocycles. The van der Waals surface area contributed by atoms with E-state index in [9.17, 15) is 4.79 Å². The molecule has 118 valence electrons. The molecule has 0 aliphatic heterocycles. The predicted molar refractivity (Wildman–Crippen MR) is 81.9 cm³/mol. The molecule has 1 aromatic heterocycles. The molecule has 0 radical (unpaired) electrons. The zero-order chi connectivity index (χ0) is 15.1. The number of hydrogen-bond acceptors (Lipinski definition) is 4. The number of rotatable bonds is 7. The van der Waals surface area contributed by atoms with Gasteiger partial charge in [-0.1, -0.05) is 26.2 Å². The number of methoxy groups -OCH3 is 1. The number of carbonyl (C=O) groups is 1. The highest BCUT2D eigenvalue weighted by molar-refractivity contribution is 5.69. The van der Waals surface area contributed by atoms with Gasteiger partial charge in [-0.2, -0.15) is 5.10 Å². The Balaban J connectivity index is 1.86. The van der Waals surface area contributed by atoms with E-state index < -0.39 is 0 Å². The van der Waals surface area contributed by atoms with Crippen LogP contribution in [0.25, 0.3) is 0 Å². The third-order valence-electron chi connectivity index (χ3n) is 4.31. The summed E-state index contributed by atoms with van der Waals surface area (Å²) in [6, 6.07) is 2.69. The van der Waals surface area contributed by atoms with E-state index in [-0.39, 0.29) is 5.97 Å². The summed E-state index contributed by atoms with van der Waals surface area (Å²) in [5, 5.41) is 4.73. The Morgan fingerprint density at radius 3 is 2.86 bits per heavy atom. The van der Waals surface area contributed by atoms with Crippen molar-refractivity contribution in [2.45, 2.75) is 58.0 Å². The molecule has 5 heteroatoms. The highest BCUT2D eigenvalue weighted by atomic mass is 16.5. The summed E-state index contributed by atoms with van der Waals surface area (Å²) in [5.74, 6) is -0.152. The maximum absolute atomic E-state index is 11.2. The third kappa shape index (κ3) is 4.84. The number of esters is 1. The fourth-order valence-electron chi connectivity index (χ4n) is 2.94. The zero-order valence-electron chi connectivity index (χ0n) is 13.3. The lowest BCUT2D eigenvalue weighted by Gasteiger charge is -2.22. The Morgan fingerprint density at radius 2 is 2.19 bits per heavy atom. The second-order valence-corrected chi connectivity index (χ2v) is 5.77. The van der Waals surface area contributed by atoms with Gasteiger partial charge in [0, 0.05) is 19.3 Å². The SMILES string of the molecule is CCN(CCC(=O)OC)Cc1ccn(C2CCCCC2)n1. The molecule has 2 rings (SSSR count). The lowest BCUT2D eigenvalue weighted by atomic mass is 9.96. The van der Waals surface area contributed by atoms with Gasteiger partial charge in [-0.3, -0.25) is 14.4 Å². The van der Waals surface area contributed by atoms with Crippen molar-refractivity contribution in [2.75, 3.05) is 20.2 Å². The summed E-state index contributed by atoms with van der Waals surface area (Å²) in [5.41, 5.74) is 1.09. The molecule has 1 aliphatic carbocycles. The number of carbonyl (C=O) groups excluding carboxylic acids is 1. The van der Waals surface area contributed by atoms with Crippen LogP contribution in [0.1, 0.15) is 57.2 Å². The monoisotopic (exact) mass is 293 g/mol.